The lowest BCUT2D eigenvalue weighted by Crippen LogP contribution is -2.49. The predicted molar refractivity (Wildman–Crippen MR) is 123 cm³/mol. The normalized spacial score (nSPS) is 13.7. The van der Waals surface area contributed by atoms with Crippen molar-refractivity contribution >= 4 is 34.9 Å². The monoisotopic (exact) mass is 452 g/mol. The zero-order valence-corrected chi connectivity index (χ0v) is 18.5. The highest BCUT2D eigenvalue weighted by Crippen LogP contribution is 2.25. The molecule has 2 aromatic heterocycles. The number of amides is 2. The number of benzene rings is 1. The van der Waals surface area contributed by atoms with Gasteiger partial charge in [-0.25, -0.2) is 4.98 Å². The van der Waals surface area contributed by atoms with Gasteiger partial charge in [0.05, 0.1) is 12.8 Å². The SMILES string of the molecule is COc1cccc(CNC(=O)c2nsc(C(=O)N3CCN(c4ccccn4)CC3)c2N)c1. The van der Waals surface area contributed by atoms with Crippen LogP contribution in [0.15, 0.2) is 48.7 Å². The van der Waals surface area contributed by atoms with E-state index in [1.807, 2.05) is 42.5 Å². The Morgan fingerprint density at radius 3 is 2.69 bits per heavy atom. The number of aromatic nitrogens is 2. The van der Waals surface area contributed by atoms with Crippen LogP contribution >= 0.6 is 11.5 Å². The molecule has 0 saturated carbocycles. The number of nitrogens with one attached hydrogen (secondary N) is 1. The van der Waals surface area contributed by atoms with Crippen LogP contribution in [-0.4, -0.2) is 59.4 Å². The van der Waals surface area contributed by atoms with Crippen molar-refractivity contribution < 1.29 is 14.3 Å². The van der Waals surface area contributed by atoms with Gasteiger partial charge in [-0.05, 0) is 41.4 Å². The van der Waals surface area contributed by atoms with Crippen molar-refractivity contribution in [1.82, 2.24) is 19.6 Å². The number of hydrogen-bond acceptors (Lipinski definition) is 8. The molecule has 32 heavy (non-hydrogen) atoms. The number of anilines is 2. The summed E-state index contributed by atoms with van der Waals surface area (Å²) < 4.78 is 9.34. The van der Waals surface area contributed by atoms with Gasteiger partial charge in [0, 0.05) is 38.9 Å². The molecule has 3 N–H and O–H groups in total. The van der Waals surface area contributed by atoms with Gasteiger partial charge in [0.2, 0.25) is 0 Å². The van der Waals surface area contributed by atoms with Gasteiger partial charge >= 0.3 is 0 Å². The van der Waals surface area contributed by atoms with E-state index >= 15 is 0 Å². The molecule has 4 rings (SSSR count). The lowest BCUT2D eigenvalue weighted by molar-refractivity contribution is 0.0752. The van der Waals surface area contributed by atoms with Gasteiger partial charge in [-0.1, -0.05) is 18.2 Å². The summed E-state index contributed by atoms with van der Waals surface area (Å²) in [5, 5.41) is 2.79. The average molecular weight is 453 g/mol. The van der Waals surface area contributed by atoms with Crippen molar-refractivity contribution in [3.63, 3.8) is 0 Å². The lowest BCUT2D eigenvalue weighted by atomic mass is 10.2. The van der Waals surface area contributed by atoms with Gasteiger partial charge in [-0.2, -0.15) is 4.37 Å². The first-order valence-corrected chi connectivity index (χ1v) is 11.0. The first-order valence-electron chi connectivity index (χ1n) is 10.2. The fraction of sp³-hybridized carbons (Fsp3) is 0.273. The Morgan fingerprint density at radius 1 is 1.16 bits per heavy atom. The van der Waals surface area contributed by atoms with Gasteiger partial charge in [0.25, 0.3) is 11.8 Å². The Labute approximate surface area is 190 Å². The van der Waals surface area contributed by atoms with Crippen LogP contribution in [0.25, 0.3) is 0 Å². The number of nitrogens with two attached hydrogens (primary N) is 1. The molecule has 1 aromatic carbocycles. The molecule has 3 heterocycles. The molecule has 0 radical (unpaired) electrons. The zero-order valence-electron chi connectivity index (χ0n) is 17.7. The highest BCUT2D eigenvalue weighted by molar-refractivity contribution is 7.09. The van der Waals surface area contributed by atoms with E-state index < -0.39 is 5.91 Å². The number of nitrogens with zero attached hydrogens (tertiary/aromatic N) is 4. The van der Waals surface area contributed by atoms with Crippen LogP contribution in [0, 0.1) is 0 Å². The summed E-state index contributed by atoms with van der Waals surface area (Å²) in [7, 11) is 1.59. The highest BCUT2D eigenvalue weighted by atomic mass is 32.1. The van der Waals surface area contributed by atoms with Crippen LogP contribution in [0.5, 0.6) is 5.75 Å². The summed E-state index contributed by atoms with van der Waals surface area (Å²) in [4.78, 5) is 34.1. The zero-order chi connectivity index (χ0) is 22.5. The van der Waals surface area contributed by atoms with Crippen LogP contribution in [-0.2, 0) is 6.54 Å². The Kier molecular flexibility index (Phi) is 6.50. The van der Waals surface area contributed by atoms with Crippen molar-refractivity contribution in [3.05, 3.63) is 64.8 Å². The summed E-state index contributed by atoms with van der Waals surface area (Å²) in [6, 6.07) is 13.2. The number of hydrogen-bond donors (Lipinski definition) is 2. The molecule has 2 amide bonds. The molecule has 166 valence electrons. The van der Waals surface area contributed by atoms with E-state index in [1.54, 1.807) is 18.2 Å². The molecule has 0 atom stereocenters. The second kappa shape index (κ2) is 9.65. The number of ether oxygens (including phenoxy) is 1. The van der Waals surface area contributed by atoms with Crippen LogP contribution in [0.2, 0.25) is 0 Å². The predicted octanol–water partition coefficient (Wildman–Crippen LogP) is 2.02. The third-order valence-corrected chi connectivity index (χ3v) is 6.12. The molecule has 10 heteroatoms. The Bertz CT molecular complexity index is 1100. The molecule has 1 saturated heterocycles. The van der Waals surface area contributed by atoms with E-state index in [-0.39, 0.29) is 17.3 Å². The van der Waals surface area contributed by atoms with E-state index in [1.165, 1.54) is 0 Å². The van der Waals surface area contributed by atoms with Crippen LogP contribution < -0.4 is 20.7 Å². The minimum atomic E-state index is -0.416. The van der Waals surface area contributed by atoms with Crippen LogP contribution in [0.1, 0.15) is 25.7 Å². The lowest BCUT2D eigenvalue weighted by Gasteiger charge is -2.35. The number of nitrogen functional groups attached to an aromatic ring is 1. The van der Waals surface area contributed by atoms with Crippen LogP contribution in [0.3, 0.4) is 0 Å². The molecular weight excluding hydrogens is 428 g/mol. The maximum absolute atomic E-state index is 13.0. The Hall–Kier alpha value is -3.66. The molecule has 0 unspecified atom stereocenters. The van der Waals surface area contributed by atoms with Gasteiger partial charge < -0.3 is 25.6 Å². The molecule has 0 bridgehead atoms. The third kappa shape index (κ3) is 4.65. The van der Waals surface area contributed by atoms with Crippen molar-refractivity contribution in [1.29, 1.82) is 0 Å². The molecule has 9 nitrogen and oxygen atoms in total. The summed E-state index contributed by atoms with van der Waals surface area (Å²) in [5.41, 5.74) is 7.22. The minimum Gasteiger partial charge on any atom is -0.497 e. The number of carbonyl (C=O) groups excluding carboxylic acids is 2. The second-order valence-corrected chi connectivity index (χ2v) is 8.05. The molecular formula is C22H24N6O3S. The van der Waals surface area contributed by atoms with Gasteiger partial charge in [-0.15, -0.1) is 0 Å². The molecule has 3 aromatic rings. The van der Waals surface area contributed by atoms with Crippen molar-refractivity contribution in [2.45, 2.75) is 6.54 Å². The number of rotatable bonds is 6. The van der Waals surface area contributed by atoms with Crippen LogP contribution in [0.4, 0.5) is 11.5 Å². The number of piperazine rings is 1. The van der Waals surface area contributed by atoms with Crippen molar-refractivity contribution in [2.24, 2.45) is 0 Å². The fourth-order valence-corrected chi connectivity index (χ4v) is 4.25. The molecule has 0 spiro atoms. The molecule has 1 aliphatic heterocycles. The highest BCUT2D eigenvalue weighted by Gasteiger charge is 2.28. The first-order chi connectivity index (χ1) is 15.6. The van der Waals surface area contributed by atoms with Gasteiger partial charge in [0.15, 0.2) is 5.69 Å². The first kappa shape index (κ1) is 21.6. The maximum atomic E-state index is 13.0. The average Bonchev–Trinajstić information content (AvgIpc) is 3.24. The van der Waals surface area contributed by atoms with Crippen molar-refractivity contribution in [2.75, 3.05) is 43.9 Å². The minimum absolute atomic E-state index is 0.0772. The van der Waals surface area contributed by atoms with E-state index in [9.17, 15) is 9.59 Å². The van der Waals surface area contributed by atoms with E-state index in [4.69, 9.17) is 10.5 Å². The van der Waals surface area contributed by atoms with E-state index in [0.29, 0.717) is 43.4 Å². The summed E-state index contributed by atoms with van der Waals surface area (Å²) in [5.74, 6) is 0.987. The number of pyridine rings is 1. The molecule has 1 aliphatic rings. The smallest absolute Gasteiger partial charge is 0.273 e. The van der Waals surface area contributed by atoms with E-state index in [0.717, 1.165) is 22.9 Å². The third-order valence-electron chi connectivity index (χ3n) is 5.26. The quantitative estimate of drug-likeness (QED) is 0.588. The molecule has 1 fully saturated rings. The number of carbonyl (C=O) groups is 2. The molecule has 0 aliphatic carbocycles. The second-order valence-electron chi connectivity index (χ2n) is 7.28. The van der Waals surface area contributed by atoms with Gasteiger partial charge in [0.1, 0.15) is 16.4 Å². The standard InChI is InChI=1S/C22H24N6O3S/c1-31-16-6-4-5-15(13-16)14-25-21(29)19-18(23)20(32-26-19)22(30)28-11-9-27(10-12-28)17-7-2-3-8-24-17/h2-8,13H,9-12,14,23H2,1H3,(H,25,29). The Morgan fingerprint density at radius 2 is 1.97 bits per heavy atom. The summed E-state index contributed by atoms with van der Waals surface area (Å²) in [6.45, 7) is 2.74. The van der Waals surface area contributed by atoms with Crippen molar-refractivity contribution in [3.8, 4) is 5.75 Å². The Balaban J connectivity index is 1.36. The van der Waals surface area contributed by atoms with Gasteiger partial charge in [-0.3, -0.25) is 9.59 Å². The maximum Gasteiger partial charge on any atom is 0.273 e. The van der Waals surface area contributed by atoms with E-state index in [2.05, 4.69) is 19.6 Å². The summed E-state index contributed by atoms with van der Waals surface area (Å²) >= 11 is 0.958. The largest absolute Gasteiger partial charge is 0.497 e. The summed E-state index contributed by atoms with van der Waals surface area (Å²) in [6.07, 6.45) is 1.76. The fourth-order valence-electron chi connectivity index (χ4n) is 3.49. The topological polar surface area (TPSA) is 114 Å². The number of methoxy groups -OCH3 is 1.